The van der Waals surface area contributed by atoms with Crippen molar-refractivity contribution in [3.63, 3.8) is 0 Å². The molecule has 0 unspecified atom stereocenters. The summed E-state index contributed by atoms with van der Waals surface area (Å²) in [4.78, 5) is 15.1. The van der Waals surface area contributed by atoms with Gasteiger partial charge in [-0.2, -0.15) is 0 Å². The Morgan fingerprint density at radius 1 is 1.00 bits per heavy atom. The average molecular weight is 421 g/mol. The highest BCUT2D eigenvalue weighted by molar-refractivity contribution is 7.92. The molecule has 0 N–H and O–H groups in total. The summed E-state index contributed by atoms with van der Waals surface area (Å²) in [7, 11) is -3.81. The van der Waals surface area contributed by atoms with Gasteiger partial charge in [0.05, 0.1) is 10.6 Å². The minimum atomic E-state index is -3.81. The molecule has 6 heteroatoms. The van der Waals surface area contributed by atoms with Crippen molar-refractivity contribution in [2.45, 2.75) is 25.2 Å². The second kappa shape index (κ2) is 7.95. The van der Waals surface area contributed by atoms with Crippen molar-refractivity contribution in [3.8, 4) is 0 Å². The lowest BCUT2D eigenvalue weighted by molar-refractivity contribution is 0.0989. The van der Waals surface area contributed by atoms with Crippen LogP contribution in [-0.4, -0.2) is 27.4 Å². The fraction of sp³-hybridized carbons (Fsp3) is 0.208. The molecule has 1 aliphatic rings. The lowest BCUT2D eigenvalue weighted by atomic mass is 10.1. The second-order valence-corrected chi connectivity index (χ2v) is 9.15. The summed E-state index contributed by atoms with van der Waals surface area (Å²) >= 11 is 0. The van der Waals surface area contributed by atoms with Crippen LogP contribution >= 0.6 is 0 Å². The van der Waals surface area contributed by atoms with E-state index in [2.05, 4.69) is 0 Å². The van der Waals surface area contributed by atoms with Gasteiger partial charge in [0.25, 0.3) is 15.9 Å². The van der Waals surface area contributed by atoms with Crippen molar-refractivity contribution >= 4 is 27.3 Å². The third-order valence-corrected chi connectivity index (χ3v) is 7.51. The number of sulfonamides is 1. The zero-order valence-electron chi connectivity index (χ0n) is 17.1. The number of amides is 1. The number of para-hydroxylation sites is 2. The molecule has 0 bridgehead atoms. The maximum Gasteiger partial charge on any atom is 0.264 e. The van der Waals surface area contributed by atoms with Gasteiger partial charge in [-0.3, -0.25) is 9.10 Å². The van der Waals surface area contributed by atoms with Crippen molar-refractivity contribution in [1.29, 1.82) is 0 Å². The molecule has 0 aromatic heterocycles. The quantitative estimate of drug-likeness (QED) is 0.614. The molecular weight excluding hydrogens is 396 g/mol. The number of hydrogen-bond donors (Lipinski definition) is 0. The third-order valence-electron chi connectivity index (χ3n) is 5.47. The highest BCUT2D eigenvalue weighted by Gasteiger charge is 2.29. The van der Waals surface area contributed by atoms with Crippen LogP contribution < -0.4 is 9.21 Å². The normalized spacial score (nSPS) is 13.2. The Kier molecular flexibility index (Phi) is 5.35. The summed E-state index contributed by atoms with van der Waals surface area (Å²) in [6.07, 6.45) is 0.802. The molecule has 4 rings (SSSR count). The summed E-state index contributed by atoms with van der Waals surface area (Å²) < 4.78 is 28.3. The van der Waals surface area contributed by atoms with E-state index >= 15 is 0 Å². The van der Waals surface area contributed by atoms with Gasteiger partial charge in [-0.1, -0.05) is 42.5 Å². The molecule has 1 amide bonds. The number of fused-ring (bicyclic) bond motifs is 1. The minimum absolute atomic E-state index is 0.159. The fourth-order valence-electron chi connectivity index (χ4n) is 3.92. The number of rotatable bonds is 5. The van der Waals surface area contributed by atoms with Gasteiger partial charge in [-0.15, -0.1) is 0 Å². The summed E-state index contributed by atoms with van der Waals surface area (Å²) in [6, 6.07) is 21.8. The summed E-state index contributed by atoms with van der Waals surface area (Å²) in [5.41, 5.74) is 3.62. The number of nitrogens with zero attached hydrogens (tertiary/aromatic N) is 2. The van der Waals surface area contributed by atoms with Crippen LogP contribution in [0.1, 0.15) is 28.4 Å². The molecule has 154 valence electrons. The van der Waals surface area contributed by atoms with E-state index in [1.54, 1.807) is 43.0 Å². The zero-order chi connectivity index (χ0) is 21.3. The Labute approximate surface area is 177 Å². The van der Waals surface area contributed by atoms with Gasteiger partial charge in [-0.25, -0.2) is 8.42 Å². The van der Waals surface area contributed by atoms with Crippen LogP contribution in [0.4, 0.5) is 11.4 Å². The van der Waals surface area contributed by atoms with E-state index in [4.69, 9.17) is 0 Å². The van der Waals surface area contributed by atoms with Crippen LogP contribution in [0.3, 0.4) is 0 Å². The molecular formula is C24H24N2O3S. The fourth-order valence-corrected chi connectivity index (χ4v) is 5.65. The number of carbonyl (C=O) groups excluding carboxylic acids is 1. The minimum Gasteiger partial charge on any atom is -0.308 e. The van der Waals surface area contributed by atoms with Gasteiger partial charge >= 0.3 is 0 Å². The monoisotopic (exact) mass is 420 g/mol. The third kappa shape index (κ3) is 3.48. The van der Waals surface area contributed by atoms with Crippen LogP contribution in [0.15, 0.2) is 77.7 Å². The Morgan fingerprint density at radius 3 is 2.43 bits per heavy atom. The molecule has 0 fully saturated rings. The van der Waals surface area contributed by atoms with Crippen LogP contribution in [0.5, 0.6) is 0 Å². The first-order valence-corrected chi connectivity index (χ1v) is 11.5. The van der Waals surface area contributed by atoms with Gasteiger partial charge in [-0.05, 0) is 61.7 Å². The van der Waals surface area contributed by atoms with E-state index < -0.39 is 10.0 Å². The Bertz CT molecular complexity index is 1190. The highest BCUT2D eigenvalue weighted by Crippen LogP contribution is 2.31. The standard InChI is InChI=1S/C24H24N2O3S/c1-3-26(21-10-5-4-6-11-21)30(28,29)23-17-20(14-13-18(23)2)24(27)25-16-15-19-9-7-8-12-22(19)25/h4-14,17H,3,15-16H2,1-2H3. The Balaban J connectivity index is 1.73. The zero-order valence-corrected chi connectivity index (χ0v) is 17.9. The van der Waals surface area contributed by atoms with E-state index in [0.717, 1.165) is 17.7 Å². The van der Waals surface area contributed by atoms with Crippen molar-refractivity contribution in [1.82, 2.24) is 0 Å². The predicted molar refractivity (Wildman–Crippen MR) is 120 cm³/mol. The number of anilines is 2. The van der Waals surface area contributed by atoms with Gasteiger partial charge in [0.1, 0.15) is 0 Å². The Hall–Kier alpha value is -3.12. The molecule has 5 nitrogen and oxygen atoms in total. The van der Waals surface area contributed by atoms with Crippen LogP contribution in [-0.2, 0) is 16.4 Å². The maximum atomic E-state index is 13.5. The smallest absolute Gasteiger partial charge is 0.264 e. The molecule has 0 spiro atoms. The molecule has 0 aliphatic carbocycles. The largest absolute Gasteiger partial charge is 0.308 e. The van der Waals surface area contributed by atoms with Crippen molar-refractivity contribution in [3.05, 3.63) is 89.5 Å². The van der Waals surface area contributed by atoms with Gasteiger partial charge in [0.15, 0.2) is 0 Å². The SMILES string of the molecule is CCN(c1ccccc1)S(=O)(=O)c1cc(C(=O)N2CCc3ccccc32)ccc1C. The molecule has 0 atom stereocenters. The number of carbonyl (C=O) groups is 1. The molecule has 0 radical (unpaired) electrons. The number of benzene rings is 3. The molecule has 3 aromatic carbocycles. The molecule has 30 heavy (non-hydrogen) atoms. The summed E-state index contributed by atoms with van der Waals surface area (Å²) in [5.74, 6) is -0.181. The average Bonchev–Trinajstić information content (AvgIpc) is 3.19. The van der Waals surface area contributed by atoms with Crippen LogP contribution in [0.2, 0.25) is 0 Å². The number of aryl methyl sites for hydroxylation is 1. The highest BCUT2D eigenvalue weighted by atomic mass is 32.2. The van der Waals surface area contributed by atoms with Crippen molar-refractivity contribution < 1.29 is 13.2 Å². The summed E-state index contributed by atoms with van der Waals surface area (Å²) in [5, 5.41) is 0. The lowest BCUT2D eigenvalue weighted by Gasteiger charge is -2.24. The van der Waals surface area contributed by atoms with E-state index in [1.807, 2.05) is 42.5 Å². The first-order valence-electron chi connectivity index (χ1n) is 10.0. The van der Waals surface area contributed by atoms with Crippen molar-refractivity contribution in [2.24, 2.45) is 0 Å². The van der Waals surface area contributed by atoms with Crippen LogP contribution in [0, 0.1) is 6.92 Å². The first kappa shape index (κ1) is 20.2. The van der Waals surface area contributed by atoms with Crippen LogP contribution in [0.25, 0.3) is 0 Å². The second-order valence-electron chi connectivity index (χ2n) is 7.32. The topological polar surface area (TPSA) is 57.7 Å². The number of hydrogen-bond acceptors (Lipinski definition) is 3. The van der Waals surface area contributed by atoms with Gasteiger partial charge in [0, 0.05) is 24.3 Å². The molecule has 1 heterocycles. The van der Waals surface area contributed by atoms with E-state index in [1.165, 1.54) is 10.4 Å². The van der Waals surface area contributed by atoms with E-state index in [9.17, 15) is 13.2 Å². The lowest BCUT2D eigenvalue weighted by Crippen LogP contribution is -2.32. The molecule has 1 aliphatic heterocycles. The maximum absolute atomic E-state index is 13.5. The van der Waals surface area contributed by atoms with Gasteiger partial charge < -0.3 is 4.90 Å². The molecule has 0 saturated carbocycles. The molecule has 3 aromatic rings. The predicted octanol–water partition coefficient (Wildman–Crippen LogP) is 4.41. The molecule has 0 saturated heterocycles. The summed E-state index contributed by atoms with van der Waals surface area (Å²) in [6.45, 7) is 4.45. The van der Waals surface area contributed by atoms with E-state index in [-0.39, 0.29) is 10.8 Å². The van der Waals surface area contributed by atoms with E-state index in [0.29, 0.717) is 29.9 Å². The van der Waals surface area contributed by atoms with Gasteiger partial charge in [0.2, 0.25) is 0 Å². The first-order chi connectivity index (χ1) is 14.4. The Morgan fingerprint density at radius 2 is 1.70 bits per heavy atom. The van der Waals surface area contributed by atoms with Crippen molar-refractivity contribution in [2.75, 3.05) is 22.3 Å².